The van der Waals surface area contributed by atoms with Crippen LogP contribution < -0.4 is 0 Å². The highest BCUT2D eigenvalue weighted by Gasteiger charge is 2.44. The predicted octanol–water partition coefficient (Wildman–Crippen LogP) is 15.7. The van der Waals surface area contributed by atoms with Crippen molar-refractivity contribution in [3.05, 3.63) is 85.1 Å². The fourth-order valence-corrected chi connectivity index (χ4v) is 8.73. The molecule has 0 aromatic heterocycles. The third-order valence-electron chi connectivity index (χ3n) is 13.3. The first-order valence-corrected chi connectivity index (χ1v) is 29.7. The highest BCUT2D eigenvalue weighted by atomic mass is 16.7. The third kappa shape index (κ3) is 42.7. The number of carbonyl (C=O) groups is 1. The first-order valence-electron chi connectivity index (χ1n) is 29.7. The second-order valence-corrected chi connectivity index (χ2v) is 20.1. The fourth-order valence-electron chi connectivity index (χ4n) is 8.73. The van der Waals surface area contributed by atoms with Crippen LogP contribution >= 0.6 is 0 Å². The summed E-state index contributed by atoms with van der Waals surface area (Å²) in [6.45, 7) is 4.43. The van der Waals surface area contributed by atoms with Crippen LogP contribution in [0.4, 0.5) is 0 Å². The molecule has 0 amide bonds. The van der Waals surface area contributed by atoms with Gasteiger partial charge in [0.15, 0.2) is 6.29 Å². The molecule has 0 aromatic carbocycles. The van der Waals surface area contributed by atoms with E-state index in [9.17, 15) is 25.2 Å². The van der Waals surface area contributed by atoms with E-state index in [0.717, 1.165) is 83.5 Å². The molecule has 0 radical (unpaired) electrons. The van der Waals surface area contributed by atoms with E-state index in [2.05, 4.69) is 98.9 Å². The largest absolute Gasteiger partial charge is 0.457 e. The summed E-state index contributed by atoms with van der Waals surface area (Å²) in [4.78, 5) is 12.9. The molecule has 9 heteroatoms. The number of aliphatic hydroxyl groups is 4. The summed E-state index contributed by atoms with van der Waals surface area (Å²) in [7, 11) is 0. The zero-order chi connectivity index (χ0) is 52.1. The van der Waals surface area contributed by atoms with E-state index >= 15 is 0 Å². The van der Waals surface area contributed by atoms with E-state index in [4.69, 9.17) is 18.9 Å². The van der Waals surface area contributed by atoms with Crippen LogP contribution in [-0.2, 0) is 23.7 Å². The molecular formula is C63H110O9. The Balaban J connectivity index is 2.17. The number of ether oxygens (including phenoxy) is 4. The fraction of sp³-hybridized carbons (Fsp3) is 0.762. The molecule has 0 spiro atoms. The van der Waals surface area contributed by atoms with Crippen molar-refractivity contribution in [2.75, 3.05) is 26.4 Å². The number of rotatable bonds is 51. The number of hydrogen-bond acceptors (Lipinski definition) is 9. The average molecular weight is 1010 g/mol. The van der Waals surface area contributed by atoms with Gasteiger partial charge in [-0.2, -0.15) is 0 Å². The lowest BCUT2D eigenvalue weighted by Gasteiger charge is -2.39. The Morgan fingerprint density at radius 2 is 0.847 bits per heavy atom. The quantitative estimate of drug-likeness (QED) is 0.0267. The summed E-state index contributed by atoms with van der Waals surface area (Å²) in [6, 6.07) is 0. The highest BCUT2D eigenvalue weighted by molar-refractivity contribution is 5.69. The molecule has 1 fully saturated rings. The van der Waals surface area contributed by atoms with Gasteiger partial charge >= 0.3 is 5.97 Å². The maximum absolute atomic E-state index is 12.9. The number of aliphatic hydroxyl groups excluding tert-OH is 4. The smallest absolute Gasteiger partial charge is 0.306 e. The van der Waals surface area contributed by atoms with Crippen molar-refractivity contribution in [1.29, 1.82) is 0 Å². The molecule has 0 bridgehead atoms. The van der Waals surface area contributed by atoms with Crippen molar-refractivity contribution >= 4 is 5.97 Å². The molecule has 1 aliphatic rings. The van der Waals surface area contributed by atoms with Crippen molar-refractivity contribution in [3.8, 4) is 0 Å². The van der Waals surface area contributed by atoms with E-state index in [1.165, 1.54) is 141 Å². The molecule has 1 heterocycles. The number of hydrogen-bond donors (Lipinski definition) is 4. The van der Waals surface area contributed by atoms with E-state index in [1.807, 2.05) is 0 Å². The van der Waals surface area contributed by atoms with Gasteiger partial charge in [-0.25, -0.2) is 0 Å². The van der Waals surface area contributed by atoms with Gasteiger partial charge in [0.2, 0.25) is 0 Å². The van der Waals surface area contributed by atoms with Gasteiger partial charge in [-0.15, -0.1) is 0 Å². The van der Waals surface area contributed by atoms with Gasteiger partial charge in [-0.05, 0) is 89.9 Å². The van der Waals surface area contributed by atoms with Crippen LogP contribution in [0, 0.1) is 0 Å². The van der Waals surface area contributed by atoms with E-state index in [0.29, 0.717) is 6.61 Å². The molecule has 6 unspecified atom stereocenters. The molecular weight excluding hydrogens is 901 g/mol. The second-order valence-electron chi connectivity index (χ2n) is 20.1. The molecule has 6 atom stereocenters. The minimum Gasteiger partial charge on any atom is -0.457 e. The lowest BCUT2D eigenvalue weighted by Crippen LogP contribution is -2.59. The Labute approximate surface area is 441 Å². The first kappa shape index (κ1) is 67.4. The van der Waals surface area contributed by atoms with Crippen LogP contribution in [0.15, 0.2) is 85.1 Å². The summed E-state index contributed by atoms with van der Waals surface area (Å²) in [5.74, 6) is -0.337. The summed E-state index contributed by atoms with van der Waals surface area (Å²) in [6.07, 6.45) is 66.3. The lowest BCUT2D eigenvalue weighted by atomic mass is 9.99. The molecule has 0 aliphatic carbocycles. The minimum atomic E-state index is -1.55. The normalized spacial score (nSPS) is 19.3. The summed E-state index contributed by atoms with van der Waals surface area (Å²) in [5.41, 5.74) is 0. The van der Waals surface area contributed by atoms with Gasteiger partial charge in [-0.1, -0.05) is 234 Å². The SMILES string of the molecule is CC/C=C\C/C=C\C/C=C\C/C=C\C/C=C\C/C=C\CCCCCCC(=O)OC(COCCCCCCCCCCCCCCCC/C=C\CCCCCCCCCC)COC1OC(CO)C(O)C(O)C1O. The lowest BCUT2D eigenvalue weighted by molar-refractivity contribution is -0.305. The van der Waals surface area contributed by atoms with Gasteiger partial charge in [0, 0.05) is 13.0 Å². The van der Waals surface area contributed by atoms with Gasteiger partial charge in [0.1, 0.15) is 30.5 Å². The number of allylic oxidation sites excluding steroid dienone is 14. The summed E-state index contributed by atoms with van der Waals surface area (Å²) < 4.78 is 23.0. The molecule has 0 aromatic rings. The van der Waals surface area contributed by atoms with Crippen molar-refractivity contribution in [1.82, 2.24) is 0 Å². The molecule has 0 saturated carbocycles. The van der Waals surface area contributed by atoms with Crippen LogP contribution in [0.25, 0.3) is 0 Å². The Morgan fingerprint density at radius 1 is 0.458 bits per heavy atom. The summed E-state index contributed by atoms with van der Waals surface area (Å²) in [5, 5.41) is 40.4. The summed E-state index contributed by atoms with van der Waals surface area (Å²) >= 11 is 0. The monoisotopic (exact) mass is 1010 g/mol. The minimum absolute atomic E-state index is 0.127. The average Bonchev–Trinajstić information content (AvgIpc) is 3.38. The highest BCUT2D eigenvalue weighted by Crippen LogP contribution is 2.23. The molecule has 9 nitrogen and oxygen atoms in total. The van der Waals surface area contributed by atoms with Gasteiger partial charge in [0.05, 0.1) is 19.8 Å². The Bertz CT molecular complexity index is 1380. The van der Waals surface area contributed by atoms with Crippen LogP contribution in [0.3, 0.4) is 0 Å². The Hall–Kier alpha value is -2.63. The van der Waals surface area contributed by atoms with Gasteiger partial charge in [0.25, 0.3) is 0 Å². The molecule has 1 aliphatic heterocycles. The number of unbranched alkanes of at least 4 members (excludes halogenated alkanes) is 26. The van der Waals surface area contributed by atoms with E-state index in [-0.39, 0.29) is 25.6 Å². The molecule has 416 valence electrons. The molecule has 1 rings (SSSR count). The Morgan fingerprint density at radius 3 is 1.29 bits per heavy atom. The molecule has 1 saturated heterocycles. The van der Waals surface area contributed by atoms with Crippen molar-refractivity contribution < 1.29 is 44.2 Å². The van der Waals surface area contributed by atoms with Gasteiger partial charge in [-0.3, -0.25) is 4.79 Å². The maximum atomic E-state index is 12.9. The van der Waals surface area contributed by atoms with Crippen molar-refractivity contribution in [3.63, 3.8) is 0 Å². The van der Waals surface area contributed by atoms with E-state index < -0.39 is 43.4 Å². The zero-order valence-electron chi connectivity index (χ0n) is 46.2. The Kier molecular flexibility index (Phi) is 49.8. The van der Waals surface area contributed by atoms with Crippen molar-refractivity contribution in [2.45, 2.75) is 282 Å². The van der Waals surface area contributed by atoms with Crippen LogP contribution in [-0.4, -0.2) is 89.6 Å². The first-order chi connectivity index (χ1) is 35.4. The third-order valence-corrected chi connectivity index (χ3v) is 13.3. The zero-order valence-corrected chi connectivity index (χ0v) is 46.2. The van der Waals surface area contributed by atoms with Crippen LogP contribution in [0.5, 0.6) is 0 Å². The van der Waals surface area contributed by atoms with Crippen LogP contribution in [0.2, 0.25) is 0 Å². The number of carbonyl (C=O) groups excluding carboxylic acids is 1. The number of esters is 1. The van der Waals surface area contributed by atoms with Crippen LogP contribution in [0.1, 0.15) is 245 Å². The van der Waals surface area contributed by atoms with Crippen molar-refractivity contribution in [2.24, 2.45) is 0 Å². The molecule has 72 heavy (non-hydrogen) atoms. The standard InChI is InChI=1S/C63H110O9/c1-3-5-7-9-11-13-15-17-19-21-23-25-27-28-29-31-33-35-37-39-41-43-45-47-49-51-53-69-55-57(56-70-63-62(68)61(67)60(66)58(54-64)72-63)71-59(65)52-50-48-46-44-42-40-38-36-34-32-30-26-24-22-20-18-16-14-12-10-8-6-4-2/h6,8,12,14,18,20-21,23-24,26,32,34,38,40,57-58,60-64,66-68H,3-5,7,9-11,13,15-17,19,22,25,27-31,33,35-37,39,41-56H2,1-2H3/b8-6-,14-12-,20-18-,23-21-,26-24-,34-32-,40-38-. The van der Waals surface area contributed by atoms with E-state index in [1.54, 1.807) is 0 Å². The predicted molar refractivity (Wildman–Crippen MR) is 302 cm³/mol. The molecule has 4 N–H and O–H groups in total. The second kappa shape index (κ2) is 53.2. The topological polar surface area (TPSA) is 135 Å². The van der Waals surface area contributed by atoms with Gasteiger partial charge < -0.3 is 39.4 Å². The maximum Gasteiger partial charge on any atom is 0.306 e.